The zero-order chi connectivity index (χ0) is 14.9. The molecule has 0 aromatic carbocycles. The van der Waals surface area contributed by atoms with E-state index in [9.17, 15) is 13.2 Å². The minimum Gasteiger partial charge on any atom is -0.477 e. The summed E-state index contributed by atoms with van der Waals surface area (Å²) < 4.78 is 27.2. The topological polar surface area (TPSA) is 86.7 Å². The second-order valence-electron chi connectivity index (χ2n) is 4.82. The minimum atomic E-state index is -3.68. The molecule has 1 saturated heterocycles. The van der Waals surface area contributed by atoms with Crippen molar-refractivity contribution in [1.82, 2.24) is 9.62 Å². The molecule has 1 aromatic rings. The molecule has 20 heavy (non-hydrogen) atoms. The van der Waals surface area contributed by atoms with Crippen molar-refractivity contribution < 1.29 is 18.3 Å². The lowest BCUT2D eigenvalue weighted by Crippen LogP contribution is -2.30. The van der Waals surface area contributed by atoms with Crippen LogP contribution in [0.5, 0.6) is 0 Å². The number of aromatic carboxylic acids is 1. The summed E-state index contributed by atoms with van der Waals surface area (Å²) in [5, 5.41) is 8.89. The molecule has 1 aromatic heterocycles. The first kappa shape index (κ1) is 15.9. The second-order valence-corrected chi connectivity index (χ2v) is 8.93. The van der Waals surface area contributed by atoms with Gasteiger partial charge in [0, 0.05) is 13.1 Å². The van der Waals surface area contributed by atoms with E-state index in [4.69, 9.17) is 5.11 Å². The normalized spacial score (nSPS) is 20.4. The first-order chi connectivity index (χ1) is 9.29. The number of thiophene rings is 1. The number of nitrogens with one attached hydrogen (secondary N) is 1. The van der Waals surface area contributed by atoms with E-state index in [1.807, 2.05) is 7.05 Å². The van der Waals surface area contributed by atoms with E-state index in [0.717, 1.165) is 30.8 Å². The fourth-order valence-corrected chi connectivity index (χ4v) is 5.66. The van der Waals surface area contributed by atoms with Gasteiger partial charge < -0.3 is 10.0 Å². The molecule has 0 aliphatic carbocycles. The molecule has 1 aliphatic heterocycles. The average Bonchev–Trinajstić information content (AvgIpc) is 2.93. The van der Waals surface area contributed by atoms with Crippen LogP contribution < -0.4 is 4.72 Å². The largest absolute Gasteiger partial charge is 0.477 e. The lowest BCUT2D eigenvalue weighted by Gasteiger charge is -2.11. The fourth-order valence-electron chi connectivity index (χ4n) is 2.14. The third-order valence-corrected chi connectivity index (χ3v) is 6.87. The van der Waals surface area contributed by atoms with Gasteiger partial charge in [0.15, 0.2) is 0 Å². The molecule has 0 saturated carbocycles. The maximum Gasteiger partial charge on any atom is 0.345 e. The van der Waals surface area contributed by atoms with Gasteiger partial charge in [-0.25, -0.2) is 17.9 Å². The number of likely N-dealkylation sites (tertiary alicyclic amines) is 1. The Morgan fingerprint density at radius 1 is 1.65 bits per heavy atom. The first-order valence-corrected chi connectivity index (χ1v) is 9.09. The Morgan fingerprint density at radius 3 is 2.85 bits per heavy atom. The van der Waals surface area contributed by atoms with E-state index in [1.54, 1.807) is 0 Å². The van der Waals surface area contributed by atoms with Gasteiger partial charge in [-0.1, -0.05) is 0 Å². The van der Waals surface area contributed by atoms with Crippen LogP contribution in [-0.2, 0) is 10.0 Å². The van der Waals surface area contributed by atoms with Crippen LogP contribution in [-0.4, -0.2) is 51.1 Å². The molecule has 112 valence electrons. The van der Waals surface area contributed by atoms with Crippen LogP contribution in [0.2, 0.25) is 0 Å². The Morgan fingerprint density at radius 2 is 2.35 bits per heavy atom. The number of halogens is 1. The predicted octanol–water partition coefficient (Wildman–Crippen LogP) is 1.44. The Balaban J connectivity index is 2.08. The van der Waals surface area contributed by atoms with Crippen LogP contribution in [0.25, 0.3) is 0 Å². The standard InChI is InChI=1S/C11H15BrN2O4S2/c1-14-3-2-7(6-14)5-13-20(17,18)9-4-8(11(15)16)19-10(9)12/h4,7,13H,2-3,5-6H2,1H3,(H,15,16). The smallest absolute Gasteiger partial charge is 0.345 e. The van der Waals surface area contributed by atoms with Gasteiger partial charge in [-0.05, 0) is 47.9 Å². The molecule has 2 N–H and O–H groups in total. The van der Waals surface area contributed by atoms with Gasteiger partial charge >= 0.3 is 5.97 Å². The van der Waals surface area contributed by atoms with Gasteiger partial charge in [-0.2, -0.15) is 0 Å². The molecule has 9 heteroatoms. The predicted molar refractivity (Wildman–Crippen MR) is 79.8 cm³/mol. The van der Waals surface area contributed by atoms with Crippen molar-refractivity contribution in [2.24, 2.45) is 5.92 Å². The van der Waals surface area contributed by atoms with Crippen molar-refractivity contribution in [3.05, 3.63) is 14.7 Å². The highest BCUT2D eigenvalue weighted by atomic mass is 79.9. The molecule has 0 radical (unpaired) electrons. The highest BCUT2D eigenvalue weighted by Crippen LogP contribution is 2.31. The second kappa shape index (κ2) is 6.10. The molecule has 6 nitrogen and oxygen atoms in total. The summed E-state index contributed by atoms with van der Waals surface area (Å²) in [7, 11) is -1.67. The molecular weight excluding hydrogens is 368 g/mol. The zero-order valence-corrected chi connectivity index (χ0v) is 14.0. The molecule has 2 heterocycles. The molecule has 1 fully saturated rings. The van der Waals surface area contributed by atoms with Crippen molar-refractivity contribution in [1.29, 1.82) is 0 Å². The Bertz CT molecular complexity index is 614. The minimum absolute atomic E-state index is 0.00199. The summed E-state index contributed by atoms with van der Waals surface area (Å²) in [6.45, 7) is 2.21. The zero-order valence-electron chi connectivity index (χ0n) is 10.8. The number of carboxylic acid groups (broad SMARTS) is 1. The average molecular weight is 383 g/mol. The van der Waals surface area contributed by atoms with E-state index in [0.29, 0.717) is 16.2 Å². The van der Waals surface area contributed by atoms with Crippen LogP contribution in [0.15, 0.2) is 14.7 Å². The summed E-state index contributed by atoms with van der Waals surface area (Å²) in [6.07, 6.45) is 0.963. The summed E-state index contributed by atoms with van der Waals surface area (Å²) in [5.74, 6) is -0.833. The van der Waals surface area contributed by atoms with Crippen molar-refractivity contribution in [2.45, 2.75) is 11.3 Å². The number of hydrogen-bond acceptors (Lipinski definition) is 5. The quantitative estimate of drug-likeness (QED) is 0.804. The Kier molecular flexibility index (Phi) is 4.85. The summed E-state index contributed by atoms with van der Waals surface area (Å²) in [5.41, 5.74) is 0. The van der Waals surface area contributed by atoms with E-state index >= 15 is 0 Å². The van der Waals surface area contributed by atoms with E-state index in [2.05, 4.69) is 25.6 Å². The third-order valence-electron chi connectivity index (χ3n) is 3.21. The molecule has 1 unspecified atom stereocenters. The molecule has 2 rings (SSSR count). The van der Waals surface area contributed by atoms with Crippen LogP contribution in [0.1, 0.15) is 16.1 Å². The van der Waals surface area contributed by atoms with Crippen molar-refractivity contribution in [3.63, 3.8) is 0 Å². The molecule has 1 aliphatic rings. The van der Waals surface area contributed by atoms with Gasteiger partial charge in [-0.15, -0.1) is 11.3 Å². The maximum atomic E-state index is 12.2. The lowest BCUT2D eigenvalue weighted by atomic mass is 10.1. The van der Waals surface area contributed by atoms with Gasteiger partial charge in [0.25, 0.3) is 0 Å². The molecule has 0 amide bonds. The number of nitrogens with zero attached hydrogens (tertiary/aromatic N) is 1. The summed E-state index contributed by atoms with van der Waals surface area (Å²) in [4.78, 5) is 13.0. The Hall–Kier alpha value is -0.480. The summed E-state index contributed by atoms with van der Waals surface area (Å²) in [6, 6.07) is 1.18. The molecule has 1 atom stereocenters. The van der Waals surface area contributed by atoms with Gasteiger partial charge in [0.1, 0.15) is 9.77 Å². The van der Waals surface area contributed by atoms with Crippen molar-refractivity contribution >= 4 is 43.3 Å². The van der Waals surface area contributed by atoms with Gasteiger partial charge in [0.05, 0.1) is 3.79 Å². The number of sulfonamides is 1. The van der Waals surface area contributed by atoms with E-state index in [-0.39, 0.29) is 9.77 Å². The number of hydrogen-bond donors (Lipinski definition) is 2. The van der Waals surface area contributed by atoms with Gasteiger partial charge in [-0.3, -0.25) is 0 Å². The molecule has 0 bridgehead atoms. The summed E-state index contributed by atoms with van der Waals surface area (Å²) >= 11 is 4.01. The number of carboxylic acids is 1. The monoisotopic (exact) mass is 382 g/mol. The van der Waals surface area contributed by atoms with E-state index in [1.165, 1.54) is 6.07 Å². The van der Waals surface area contributed by atoms with Crippen LogP contribution in [0, 0.1) is 5.92 Å². The van der Waals surface area contributed by atoms with Crippen LogP contribution >= 0.6 is 27.3 Å². The third kappa shape index (κ3) is 3.59. The fraction of sp³-hybridized carbons (Fsp3) is 0.545. The van der Waals surface area contributed by atoms with E-state index < -0.39 is 16.0 Å². The van der Waals surface area contributed by atoms with Crippen LogP contribution in [0.3, 0.4) is 0 Å². The number of carbonyl (C=O) groups is 1. The Labute approximate surface area is 130 Å². The molecular formula is C11H15BrN2O4S2. The first-order valence-electron chi connectivity index (χ1n) is 6.00. The van der Waals surface area contributed by atoms with Crippen LogP contribution in [0.4, 0.5) is 0 Å². The highest BCUT2D eigenvalue weighted by Gasteiger charge is 2.26. The van der Waals surface area contributed by atoms with Crippen molar-refractivity contribution in [3.8, 4) is 0 Å². The molecule has 0 spiro atoms. The van der Waals surface area contributed by atoms with Gasteiger partial charge in [0.2, 0.25) is 10.0 Å². The number of rotatable bonds is 5. The van der Waals surface area contributed by atoms with Crippen molar-refractivity contribution in [2.75, 3.05) is 26.7 Å². The SMILES string of the molecule is CN1CCC(CNS(=O)(=O)c2cc(C(=O)O)sc2Br)C1. The maximum absolute atomic E-state index is 12.2. The lowest BCUT2D eigenvalue weighted by molar-refractivity contribution is 0.0702. The highest BCUT2D eigenvalue weighted by molar-refractivity contribution is 9.11.